The number of aliphatic carboxylic acids is 1. The lowest BCUT2D eigenvalue weighted by Gasteiger charge is -2.52. The molecule has 0 radical (unpaired) electrons. The van der Waals surface area contributed by atoms with Crippen molar-refractivity contribution >= 4 is 5.97 Å². The molecule has 0 aromatic carbocycles. The normalized spacial score (nSPS) is 40.9. The summed E-state index contributed by atoms with van der Waals surface area (Å²) in [5.74, 6) is -0.128. The van der Waals surface area contributed by atoms with E-state index in [2.05, 4.69) is 0 Å². The number of fused-ring (bicyclic) bond motifs is 2. The largest absolute Gasteiger partial charge is 0.480 e. The van der Waals surface area contributed by atoms with Crippen molar-refractivity contribution in [1.29, 1.82) is 0 Å². The molecule has 0 aromatic rings. The van der Waals surface area contributed by atoms with Crippen LogP contribution in [0.1, 0.15) is 13.3 Å². The van der Waals surface area contributed by atoms with Gasteiger partial charge in [0.2, 0.25) is 0 Å². The first-order valence-electron chi connectivity index (χ1n) is 4.74. The topological polar surface area (TPSA) is 60.8 Å². The van der Waals surface area contributed by atoms with E-state index in [0.717, 1.165) is 19.5 Å². The summed E-state index contributed by atoms with van der Waals surface area (Å²) < 4.78 is 0. The number of aliphatic hydroxyl groups is 1. The van der Waals surface area contributed by atoms with Crippen LogP contribution in [0, 0.1) is 11.8 Å². The first kappa shape index (κ1) is 8.97. The zero-order chi connectivity index (χ0) is 9.59. The molecule has 3 rings (SSSR count). The predicted molar refractivity (Wildman–Crippen MR) is 46.3 cm³/mol. The van der Waals surface area contributed by atoms with E-state index in [9.17, 15) is 9.90 Å². The molecule has 2 aliphatic heterocycles. The minimum Gasteiger partial charge on any atom is -0.480 e. The fourth-order valence-corrected chi connectivity index (χ4v) is 2.37. The third-order valence-electron chi connectivity index (χ3n) is 3.41. The Morgan fingerprint density at radius 3 is 2.38 bits per heavy atom. The number of hydrogen-bond acceptors (Lipinski definition) is 3. The van der Waals surface area contributed by atoms with E-state index in [4.69, 9.17) is 5.11 Å². The van der Waals surface area contributed by atoms with Crippen molar-refractivity contribution < 1.29 is 15.0 Å². The van der Waals surface area contributed by atoms with Crippen LogP contribution in [0.5, 0.6) is 0 Å². The van der Waals surface area contributed by atoms with Crippen LogP contribution in [0.25, 0.3) is 0 Å². The lowest BCUT2D eigenvalue weighted by atomic mass is 9.68. The molecule has 0 aromatic heterocycles. The maximum atomic E-state index is 10.7. The molecule has 1 aliphatic carbocycles. The number of piperidine rings is 2. The van der Waals surface area contributed by atoms with Crippen molar-refractivity contribution in [2.45, 2.75) is 25.5 Å². The molecule has 0 spiro atoms. The molecule has 2 saturated heterocycles. The fraction of sp³-hybridized carbons (Fsp3) is 0.889. The van der Waals surface area contributed by atoms with Gasteiger partial charge in [0, 0.05) is 13.1 Å². The van der Waals surface area contributed by atoms with Gasteiger partial charge in [0.05, 0.1) is 6.10 Å². The highest BCUT2D eigenvalue weighted by molar-refractivity contribution is 5.72. The van der Waals surface area contributed by atoms with Crippen LogP contribution in [0.3, 0.4) is 0 Å². The first-order chi connectivity index (χ1) is 6.09. The van der Waals surface area contributed by atoms with E-state index in [-0.39, 0.29) is 6.10 Å². The highest BCUT2D eigenvalue weighted by Crippen LogP contribution is 2.40. The van der Waals surface area contributed by atoms with Crippen molar-refractivity contribution in [2.24, 2.45) is 11.8 Å². The van der Waals surface area contributed by atoms with Crippen molar-refractivity contribution in [3.05, 3.63) is 0 Å². The highest BCUT2D eigenvalue weighted by atomic mass is 16.4. The maximum Gasteiger partial charge on any atom is 0.320 e. The third kappa shape index (κ3) is 1.34. The van der Waals surface area contributed by atoms with E-state index >= 15 is 0 Å². The van der Waals surface area contributed by atoms with Gasteiger partial charge in [-0.1, -0.05) is 0 Å². The molecule has 3 atom stereocenters. The Kier molecular flexibility index (Phi) is 2.04. The number of carboxylic acid groups (broad SMARTS) is 1. The number of aliphatic hydroxyl groups excluding tert-OH is 1. The average Bonchev–Trinajstić information content (AvgIpc) is 2.15. The van der Waals surface area contributed by atoms with Crippen LogP contribution < -0.4 is 0 Å². The lowest BCUT2D eigenvalue weighted by molar-refractivity contribution is -0.153. The quantitative estimate of drug-likeness (QED) is 0.624. The van der Waals surface area contributed by atoms with Crippen molar-refractivity contribution in [1.82, 2.24) is 4.90 Å². The summed E-state index contributed by atoms with van der Waals surface area (Å²) in [6.07, 6.45) is 0.904. The van der Waals surface area contributed by atoms with Gasteiger partial charge in [-0.2, -0.15) is 0 Å². The Hall–Kier alpha value is -0.610. The van der Waals surface area contributed by atoms with Gasteiger partial charge >= 0.3 is 5.97 Å². The molecule has 0 amide bonds. The Bertz CT molecular complexity index is 219. The van der Waals surface area contributed by atoms with E-state index < -0.39 is 12.0 Å². The minimum atomic E-state index is -0.768. The summed E-state index contributed by atoms with van der Waals surface area (Å²) in [6, 6.07) is -0.405. The smallest absolute Gasteiger partial charge is 0.320 e. The van der Waals surface area contributed by atoms with E-state index in [1.54, 1.807) is 6.92 Å². The van der Waals surface area contributed by atoms with Gasteiger partial charge in [0.15, 0.2) is 0 Å². The molecule has 2 bridgehead atoms. The third-order valence-corrected chi connectivity index (χ3v) is 3.41. The molecule has 4 nitrogen and oxygen atoms in total. The molecule has 3 unspecified atom stereocenters. The van der Waals surface area contributed by atoms with Crippen molar-refractivity contribution in [3.63, 3.8) is 0 Å². The van der Waals surface area contributed by atoms with Crippen LogP contribution in [-0.2, 0) is 4.79 Å². The monoisotopic (exact) mass is 185 g/mol. The van der Waals surface area contributed by atoms with Gasteiger partial charge in [0.25, 0.3) is 0 Å². The van der Waals surface area contributed by atoms with Crippen molar-refractivity contribution in [2.75, 3.05) is 13.1 Å². The van der Waals surface area contributed by atoms with E-state index in [1.807, 2.05) is 4.90 Å². The summed E-state index contributed by atoms with van der Waals surface area (Å²) in [5, 5.41) is 18.3. The highest BCUT2D eigenvalue weighted by Gasteiger charge is 2.47. The van der Waals surface area contributed by atoms with Crippen LogP contribution in [0.4, 0.5) is 0 Å². The summed E-state index contributed by atoms with van der Waals surface area (Å²) in [6.45, 7) is 3.19. The SMILES string of the molecule is CC(C(=O)O)N1CC2CC(C1)C2O. The average molecular weight is 185 g/mol. The fourth-order valence-electron chi connectivity index (χ4n) is 2.37. The Morgan fingerprint density at radius 1 is 1.46 bits per heavy atom. The standard InChI is InChI=1S/C9H15NO3/c1-5(9(12)13)10-3-6-2-7(4-10)8(6)11/h5-8,11H,2-4H2,1H3,(H,12,13). The zero-order valence-electron chi connectivity index (χ0n) is 7.68. The Balaban J connectivity index is 1.95. The summed E-state index contributed by atoms with van der Waals surface area (Å²) in [5.41, 5.74) is 0. The minimum absolute atomic E-state index is 0.169. The second-order valence-corrected chi connectivity index (χ2v) is 4.21. The van der Waals surface area contributed by atoms with Gasteiger partial charge in [-0.05, 0) is 25.2 Å². The summed E-state index contributed by atoms with van der Waals surface area (Å²) in [7, 11) is 0. The lowest BCUT2D eigenvalue weighted by Crippen LogP contribution is -2.61. The number of nitrogens with zero attached hydrogens (tertiary/aromatic N) is 1. The number of carboxylic acids is 1. The number of hydrogen-bond donors (Lipinski definition) is 2. The molecule has 1 saturated carbocycles. The molecule has 13 heavy (non-hydrogen) atoms. The molecular weight excluding hydrogens is 170 g/mol. The Labute approximate surface area is 77.2 Å². The number of rotatable bonds is 2. The van der Waals surface area contributed by atoms with Gasteiger partial charge < -0.3 is 10.2 Å². The molecule has 2 N–H and O–H groups in total. The summed E-state index contributed by atoms with van der Waals surface area (Å²) >= 11 is 0. The number of carbonyl (C=O) groups is 1. The van der Waals surface area contributed by atoms with Crippen molar-refractivity contribution in [3.8, 4) is 0 Å². The first-order valence-corrected chi connectivity index (χ1v) is 4.74. The maximum absolute atomic E-state index is 10.7. The summed E-state index contributed by atoms with van der Waals surface area (Å²) in [4.78, 5) is 12.6. The van der Waals surface area contributed by atoms with Crippen LogP contribution in [-0.4, -0.2) is 46.3 Å². The van der Waals surface area contributed by atoms with Crippen LogP contribution in [0.15, 0.2) is 0 Å². The second kappa shape index (κ2) is 2.96. The van der Waals surface area contributed by atoms with Gasteiger partial charge in [0.1, 0.15) is 6.04 Å². The van der Waals surface area contributed by atoms with Crippen LogP contribution >= 0.6 is 0 Å². The van der Waals surface area contributed by atoms with Gasteiger partial charge in [-0.25, -0.2) is 0 Å². The zero-order valence-corrected chi connectivity index (χ0v) is 7.68. The van der Waals surface area contributed by atoms with Crippen LogP contribution in [0.2, 0.25) is 0 Å². The second-order valence-electron chi connectivity index (χ2n) is 4.21. The van der Waals surface area contributed by atoms with E-state index in [0.29, 0.717) is 11.8 Å². The molecule has 2 heterocycles. The predicted octanol–water partition coefficient (Wildman–Crippen LogP) is -0.228. The molecule has 74 valence electrons. The van der Waals surface area contributed by atoms with E-state index in [1.165, 1.54) is 0 Å². The molecule has 4 heteroatoms. The van der Waals surface area contributed by atoms with Gasteiger partial charge in [-0.15, -0.1) is 0 Å². The Morgan fingerprint density at radius 2 is 2.00 bits per heavy atom. The van der Waals surface area contributed by atoms with Gasteiger partial charge in [-0.3, -0.25) is 9.69 Å². The molecule has 3 fully saturated rings. The molecular formula is C9H15NO3. The molecule has 3 aliphatic rings.